The smallest absolute Gasteiger partial charge is 0.392 e. The summed E-state index contributed by atoms with van der Waals surface area (Å²) in [5, 5.41) is 14.2. The second kappa shape index (κ2) is 12.5. The van der Waals surface area contributed by atoms with E-state index >= 15 is 0 Å². The van der Waals surface area contributed by atoms with Crippen molar-refractivity contribution in [2.24, 2.45) is 0 Å². The van der Waals surface area contributed by atoms with E-state index in [1.54, 1.807) is 0 Å². The Bertz CT molecular complexity index is 1020. The Kier molecular flexibility index (Phi) is 9.49. The average Bonchev–Trinajstić information content (AvgIpc) is 2.85. The van der Waals surface area contributed by atoms with Gasteiger partial charge in [0.25, 0.3) is 5.56 Å². The minimum atomic E-state index is -4.53. The van der Waals surface area contributed by atoms with Gasteiger partial charge in [-0.15, -0.1) is 0 Å². The third kappa shape index (κ3) is 8.55. The molecule has 1 saturated carbocycles. The van der Waals surface area contributed by atoms with E-state index in [-0.39, 0.29) is 22.9 Å². The standard InChI is InChI=1S/C15H19F3N2O2.C8H11N3O2/c16-15(17,18)11-6-10(9-21)7-13(8-11)20-14(22)19-12-4-2-1-3-5-12;12-7-1-2-9-8(10-7)11-3-5-13-6-4-11/h6-8,12,21H,1-5,9H2,(H2,19,20,22);1-2H,3-6H2,(H,9,10,12). The van der Waals surface area contributed by atoms with Gasteiger partial charge in [0, 0.05) is 37.1 Å². The monoisotopic (exact) mass is 497 g/mol. The molecule has 0 radical (unpaired) electrons. The quantitative estimate of drug-likeness (QED) is 0.515. The van der Waals surface area contributed by atoms with Crippen LogP contribution in [0.4, 0.5) is 29.6 Å². The molecule has 9 nitrogen and oxygen atoms in total. The van der Waals surface area contributed by atoms with Gasteiger partial charge in [-0.1, -0.05) is 19.3 Å². The van der Waals surface area contributed by atoms with Crippen LogP contribution in [0.5, 0.6) is 0 Å². The first-order valence-corrected chi connectivity index (χ1v) is 11.5. The number of ether oxygens (including phenoxy) is 1. The summed E-state index contributed by atoms with van der Waals surface area (Å²) in [6.45, 7) is 2.43. The summed E-state index contributed by atoms with van der Waals surface area (Å²) in [7, 11) is 0. The van der Waals surface area contributed by atoms with Crippen molar-refractivity contribution in [2.75, 3.05) is 36.5 Å². The van der Waals surface area contributed by atoms with Gasteiger partial charge in [0.2, 0.25) is 5.95 Å². The van der Waals surface area contributed by atoms with Crippen LogP contribution >= 0.6 is 0 Å². The van der Waals surface area contributed by atoms with E-state index in [1.165, 1.54) is 18.3 Å². The lowest BCUT2D eigenvalue weighted by Gasteiger charge is -2.26. The number of hydrogen-bond donors (Lipinski definition) is 4. The number of rotatable bonds is 4. The molecule has 2 aromatic rings. The zero-order chi connectivity index (χ0) is 25.3. The maximum Gasteiger partial charge on any atom is 0.416 e. The predicted molar refractivity (Wildman–Crippen MR) is 124 cm³/mol. The molecular formula is C23H30F3N5O4. The lowest BCUT2D eigenvalue weighted by molar-refractivity contribution is -0.137. The fourth-order valence-corrected chi connectivity index (χ4v) is 3.91. The number of halogens is 3. The number of benzene rings is 1. The molecule has 0 atom stereocenters. The van der Waals surface area contributed by atoms with Gasteiger partial charge < -0.3 is 25.4 Å². The van der Waals surface area contributed by atoms with Gasteiger partial charge in [-0.3, -0.25) is 9.78 Å². The van der Waals surface area contributed by atoms with Gasteiger partial charge in [0.05, 0.1) is 25.4 Å². The van der Waals surface area contributed by atoms with Crippen molar-refractivity contribution in [3.63, 3.8) is 0 Å². The number of morpholine rings is 1. The topological polar surface area (TPSA) is 120 Å². The summed E-state index contributed by atoms with van der Waals surface area (Å²) in [6, 6.07) is 4.01. The Morgan fingerprint density at radius 1 is 1.17 bits per heavy atom. The van der Waals surface area contributed by atoms with E-state index in [9.17, 15) is 22.8 Å². The molecule has 4 rings (SSSR count). The van der Waals surface area contributed by atoms with E-state index in [2.05, 4.69) is 20.6 Å². The third-order valence-corrected chi connectivity index (χ3v) is 5.67. The minimum absolute atomic E-state index is 0.0205. The summed E-state index contributed by atoms with van der Waals surface area (Å²) >= 11 is 0. The zero-order valence-corrected chi connectivity index (χ0v) is 19.2. The van der Waals surface area contributed by atoms with Gasteiger partial charge in [0.1, 0.15) is 0 Å². The molecule has 0 bridgehead atoms. The average molecular weight is 498 g/mol. The molecule has 1 aliphatic carbocycles. The summed E-state index contributed by atoms with van der Waals surface area (Å²) in [4.78, 5) is 31.6. The zero-order valence-electron chi connectivity index (χ0n) is 19.2. The van der Waals surface area contributed by atoms with Crippen LogP contribution < -0.4 is 21.1 Å². The SMILES string of the molecule is O=C(Nc1cc(CO)cc(C(F)(F)F)c1)NC1CCCCC1.O=c1ccnc(N2CCOCC2)[nH]1. The second-order valence-electron chi connectivity index (χ2n) is 8.36. The van der Waals surface area contributed by atoms with Gasteiger partial charge in [-0.2, -0.15) is 13.2 Å². The molecule has 2 heterocycles. The molecule has 0 unspecified atom stereocenters. The Balaban J connectivity index is 0.000000223. The van der Waals surface area contributed by atoms with Crippen LogP contribution in [-0.4, -0.2) is 53.5 Å². The fraction of sp³-hybridized carbons (Fsp3) is 0.522. The first-order chi connectivity index (χ1) is 16.7. The summed E-state index contributed by atoms with van der Waals surface area (Å²) < 4.78 is 43.5. The number of carbonyl (C=O) groups excluding carboxylic acids is 1. The molecule has 12 heteroatoms. The summed E-state index contributed by atoms with van der Waals surface area (Å²) in [5.74, 6) is 0.635. The molecule has 192 valence electrons. The highest BCUT2D eigenvalue weighted by atomic mass is 19.4. The molecule has 2 amide bonds. The normalized spacial score (nSPS) is 16.7. The Morgan fingerprint density at radius 2 is 1.89 bits per heavy atom. The molecule has 1 aliphatic heterocycles. The maximum absolute atomic E-state index is 12.8. The Hall–Kier alpha value is -3.12. The largest absolute Gasteiger partial charge is 0.416 e. The number of carbonyl (C=O) groups is 1. The van der Waals surface area contributed by atoms with Gasteiger partial charge in [-0.05, 0) is 36.6 Å². The molecule has 1 aromatic heterocycles. The van der Waals surface area contributed by atoms with Gasteiger partial charge in [-0.25, -0.2) is 9.78 Å². The van der Waals surface area contributed by atoms with Crippen molar-refractivity contribution in [3.05, 3.63) is 51.9 Å². The van der Waals surface area contributed by atoms with Crippen LogP contribution in [0.1, 0.15) is 43.2 Å². The molecule has 2 fully saturated rings. The van der Waals surface area contributed by atoms with Crippen LogP contribution in [0.15, 0.2) is 35.3 Å². The van der Waals surface area contributed by atoms with Crippen LogP contribution in [0.25, 0.3) is 0 Å². The summed E-state index contributed by atoms with van der Waals surface area (Å²) in [6.07, 6.45) is 2.00. The Labute approximate surface area is 200 Å². The molecule has 0 spiro atoms. The van der Waals surface area contributed by atoms with Crippen molar-refractivity contribution >= 4 is 17.7 Å². The number of hydrogen-bond acceptors (Lipinski definition) is 6. The highest BCUT2D eigenvalue weighted by Gasteiger charge is 2.31. The van der Waals surface area contributed by atoms with E-state index in [0.717, 1.165) is 57.3 Å². The lowest BCUT2D eigenvalue weighted by Crippen LogP contribution is -2.39. The lowest BCUT2D eigenvalue weighted by atomic mass is 9.96. The highest BCUT2D eigenvalue weighted by Crippen LogP contribution is 2.32. The number of nitrogens with zero attached hydrogens (tertiary/aromatic N) is 2. The van der Waals surface area contributed by atoms with Crippen molar-refractivity contribution in [1.29, 1.82) is 0 Å². The summed E-state index contributed by atoms with van der Waals surface area (Å²) in [5.41, 5.74) is -0.890. The highest BCUT2D eigenvalue weighted by molar-refractivity contribution is 5.89. The fourth-order valence-electron chi connectivity index (χ4n) is 3.91. The first kappa shape index (κ1) is 26.5. The molecule has 1 saturated heterocycles. The number of aromatic nitrogens is 2. The van der Waals surface area contributed by atoms with Crippen molar-refractivity contribution in [3.8, 4) is 0 Å². The number of alkyl halides is 3. The van der Waals surface area contributed by atoms with Crippen LogP contribution in [0.2, 0.25) is 0 Å². The molecular weight excluding hydrogens is 467 g/mol. The number of urea groups is 1. The maximum atomic E-state index is 12.8. The van der Waals surface area contributed by atoms with E-state index in [0.29, 0.717) is 19.2 Å². The van der Waals surface area contributed by atoms with Gasteiger partial charge in [0.15, 0.2) is 0 Å². The number of anilines is 2. The van der Waals surface area contributed by atoms with Crippen molar-refractivity contribution in [2.45, 2.75) is 50.9 Å². The number of aliphatic hydroxyl groups excluding tert-OH is 1. The molecule has 2 aliphatic rings. The number of aromatic amines is 1. The molecule has 1 aromatic carbocycles. The van der Waals surface area contributed by atoms with Crippen LogP contribution in [-0.2, 0) is 17.5 Å². The second-order valence-corrected chi connectivity index (χ2v) is 8.36. The van der Waals surface area contributed by atoms with Crippen molar-refractivity contribution in [1.82, 2.24) is 15.3 Å². The number of nitrogens with one attached hydrogen (secondary N) is 3. The van der Waals surface area contributed by atoms with E-state index in [4.69, 9.17) is 9.84 Å². The predicted octanol–water partition coefficient (Wildman–Crippen LogP) is 3.26. The molecule has 4 N–H and O–H groups in total. The molecule has 35 heavy (non-hydrogen) atoms. The van der Waals surface area contributed by atoms with Crippen LogP contribution in [0, 0.1) is 0 Å². The number of aliphatic hydroxyl groups is 1. The minimum Gasteiger partial charge on any atom is -0.392 e. The first-order valence-electron chi connectivity index (χ1n) is 11.5. The number of H-pyrrole nitrogens is 1. The van der Waals surface area contributed by atoms with Crippen molar-refractivity contribution < 1.29 is 27.8 Å². The number of amides is 2. The van der Waals surface area contributed by atoms with E-state index in [1.807, 2.05) is 4.90 Å². The Morgan fingerprint density at radius 3 is 2.51 bits per heavy atom. The van der Waals surface area contributed by atoms with Crippen LogP contribution in [0.3, 0.4) is 0 Å². The third-order valence-electron chi connectivity index (χ3n) is 5.67. The van der Waals surface area contributed by atoms with E-state index < -0.39 is 24.4 Å². The van der Waals surface area contributed by atoms with Gasteiger partial charge >= 0.3 is 12.2 Å².